The van der Waals surface area contributed by atoms with Crippen LogP contribution in [0.1, 0.15) is 33.6 Å². The monoisotopic (exact) mass is 496 g/mol. The molecule has 12 nitrogen and oxygen atoms in total. The van der Waals surface area contributed by atoms with Crippen LogP contribution in [0.25, 0.3) is 0 Å². The van der Waals surface area contributed by atoms with Crippen molar-refractivity contribution in [2.24, 2.45) is 11.5 Å². The highest BCUT2D eigenvalue weighted by Crippen LogP contribution is 2.03. The van der Waals surface area contributed by atoms with Crippen molar-refractivity contribution in [2.45, 2.75) is 24.9 Å². The first-order chi connectivity index (χ1) is 17.2. The Labute approximate surface area is 207 Å². The summed E-state index contributed by atoms with van der Waals surface area (Å²) in [6.07, 6.45) is -0.226. The van der Waals surface area contributed by atoms with Gasteiger partial charge < -0.3 is 32.7 Å². The van der Waals surface area contributed by atoms with Crippen LogP contribution < -0.4 is 32.7 Å². The van der Waals surface area contributed by atoms with E-state index < -0.39 is 60.6 Å². The van der Waals surface area contributed by atoms with Crippen molar-refractivity contribution in [3.05, 3.63) is 71.8 Å². The normalized spacial score (nSPS) is 11.9. The van der Waals surface area contributed by atoms with Gasteiger partial charge >= 0.3 is 0 Å². The average molecular weight is 497 g/mol. The first-order valence-corrected chi connectivity index (χ1v) is 11.0. The molecule has 190 valence electrons. The number of benzene rings is 2. The molecule has 2 rings (SSSR count). The minimum absolute atomic E-state index is 0.113. The zero-order valence-electron chi connectivity index (χ0n) is 19.4. The van der Waals surface area contributed by atoms with E-state index in [0.29, 0.717) is 11.1 Å². The van der Waals surface area contributed by atoms with E-state index in [-0.39, 0.29) is 12.8 Å². The summed E-state index contributed by atoms with van der Waals surface area (Å²) in [4.78, 5) is 72.0. The van der Waals surface area contributed by atoms with E-state index in [9.17, 15) is 28.8 Å². The molecule has 0 fully saturated rings. The average Bonchev–Trinajstić information content (AvgIpc) is 2.88. The molecule has 36 heavy (non-hydrogen) atoms. The predicted molar refractivity (Wildman–Crippen MR) is 129 cm³/mol. The van der Waals surface area contributed by atoms with Crippen LogP contribution in [0.15, 0.2) is 60.7 Å². The predicted octanol–water partition coefficient (Wildman–Crippen LogP) is -1.43. The molecule has 0 spiro atoms. The third kappa shape index (κ3) is 9.25. The maximum atomic E-state index is 12.2. The first-order valence-electron chi connectivity index (χ1n) is 11.0. The summed E-state index contributed by atoms with van der Waals surface area (Å²) >= 11 is 0. The van der Waals surface area contributed by atoms with Crippen molar-refractivity contribution in [1.29, 1.82) is 0 Å². The maximum Gasteiger partial charge on any atom is 0.251 e. The summed E-state index contributed by atoms with van der Waals surface area (Å²) in [5, 5.41) is 9.60. The quantitative estimate of drug-likeness (QED) is 0.196. The highest BCUT2D eigenvalue weighted by molar-refractivity contribution is 5.98. The number of rotatable bonds is 13. The van der Waals surface area contributed by atoms with Gasteiger partial charge in [-0.2, -0.15) is 0 Å². The van der Waals surface area contributed by atoms with E-state index in [1.54, 1.807) is 60.7 Å². The Morgan fingerprint density at radius 3 is 1.22 bits per heavy atom. The molecular weight excluding hydrogens is 468 g/mol. The number of hydrogen-bond donors (Lipinski definition) is 6. The third-order valence-electron chi connectivity index (χ3n) is 4.99. The van der Waals surface area contributed by atoms with E-state index in [1.165, 1.54) is 0 Å². The van der Waals surface area contributed by atoms with Gasteiger partial charge in [0.1, 0.15) is 12.1 Å². The van der Waals surface area contributed by atoms with Gasteiger partial charge in [0, 0.05) is 11.1 Å². The molecular formula is C24H28N6O6. The third-order valence-corrected chi connectivity index (χ3v) is 4.99. The van der Waals surface area contributed by atoms with Gasteiger partial charge in [0.05, 0.1) is 13.1 Å². The molecule has 0 aliphatic rings. The Kier molecular flexibility index (Phi) is 10.6. The van der Waals surface area contributed by atoms with Gasteiger partial charge in [-0.15, -0.1) is 0 Å². The molecule has 0 saturated carbocycles. The fourth-order valence-electron chi connectivity index (χ4n) is 3.10. The van der Waals surface area contributed by atoms with E-state index in [2.05, 4.69) is 21.3 Å². The fraction of sp³-hybridized carbons (Fsp3) is 0.250. The summed E-state index contributed by atoms with van der Waals surface area (Å²) in [5.74, 6) is -4.04. The minimum Gasteiger partial charge on any atom is -0.368 e. The van der Waals surface area contributed by atoms with Crippen molar-refractivity contribution in [3.63, 3.8) is 0 Å². The van der Waals surface area contributed by atoms with Crippen LogP contribution in [0.4, 0.5) is 0 Å². The Balaban J connectivity index is 1.82. The largest absolute Gasteiger partial charge is 0.368 e. The molecule has 2 unspecified atom stereocenters. The molecule has 0 aliphatic heterocycles. The Hall–Kier alpha value is -4.74. The number of nitrogens with one attached hydrogen (secondary N) is 4. The molecule has 6 amide bonds. The lowest BCUT2D eigenvalue weighted by Crippen LogP contribution is -2.51. The van der Waals surface area contributed by atoms with Crippen molar-refractivity contribution >= 4 is 35.4 Å². The molecule has 2 atom stereocenters. The smallest absolute Gasteiger partial charge is 0.251 e. The van der Waals surface area contributed by atoms with Crippen LogP contribution in [-0.2, 0) is 19.2 Å². The second-order valence-corrected chi connectivity index (χ2v) is 7.72. The number of carbonyl (C=O) groups is 6. The molecule has 8 N–H and O–H groups in total. The number of amides is 6. The van der Waals surface area contributed by atoms with Crippen molar-refractivity contribution in [2.75, 3.05) is 13.1 Å². The lowest BCUT2D eigenvalue weighted by molar-refractivity contribution is -0.128. The van der Waals surface area contributed by atoms with Gasteiger partial charge in [0.2, 0.25) is 23.6 Å². The first kappa shape index (κ1) is 27.5. The van der Waals surface area contributed by atoms with Crippen molar-refractivity contribution < 1.29 is 28.8 Å². The van der Waals surface area contributed by atoms with Crippen LogP contribution in [0.3, 0.4) is 0 Å². The Morgan fingerprint density at radius 2 is 0.917 bits per heavy atom. The number of primary amides is 2. The number of nitrogens with two attached hydrogens (primary N) is 2. The molecule has 0 radical (unpaired) electrons. The van der Waals surface area contributed by atoms with Gasteiger partial charge in [-0.1, -0.05) is 36.4 Å². The fourth-order valence-corrected chi connectivity index (χ4v) is 3.10. The lowest BCUT2D eigenvalue weighted by atomic mass is 10.0. The molecule has 0 aliphatic carbocycles. The maximum absolute atomic E-state index is 12.2. The molecule has 2 aromatic carbocycles. The molecule has 12 heteroatoms. The van der Waals surface area contributed by atoms with Crippen LogP contribution >= 0.6 is 0 Å². The highest BCUT2D eigenvalue weighted by Gasteiger charge is 2.24. The topological polar surface area (TPSA) is 203 Å². The van der Waals surface area contributed by atoms with Gasteiger partial charge in [-0.25, -0.2) is 0 Å². The van der Waals surface area contributed by atoms with Gasteiger partial charge in [-0.3, -0.25) is 28.8 Å². The zero-order chi connectivity index (χ0) is 26.5. The summed E-state index contributed by atoms with van der Waals surface area (Å²) in [6, 6.07) is 14.1. The van der Waals surface area contributed by atoms with E-state index in [1.807, 2.05) is 0 Å². The van der Waals surface area contributed by atoms with Crippen LogP contribution in [-0.4, -0.2) is 60.6 Å². The Morgan fingerprint density at radius 1 is 0.583 bits per heavy atom. The molecule has 0 bridgehead atoms. The number of carbonyl (C=O) groups excluding carboxylic acids is 6. The Bertz CT molecular complexity index is 1010. The van der Waals surface area contributed by atoms with Crippen molar-refractivity contribution in [3.8, 4) is 0 Å². The van der Waals surface area contributed by atoms with E-state index in [0.717, 1.165) is 0 Å². The second-order valence-electron chi connectivity index (χ2n) is 7.72. The van der Waals surface area contributed by atoms with Crippen LogP contribution in [0, 0.1) is 0 Å². The lowest BCUT2D eigenvalue weighted by Gasteiger charge is -2.20. The highest BCUT2D eigenvalue weighted by atomic mass is 16.2. The van der Waals surface area contributed by atoms with Crippen LogP contribution in [0.5, 0.6) is 0 Å². The SMILES string of the molecule is NC(=O)C(CCC(NC(=O)CNC(=O)c1ccccc1)C(N)=O)NC(=O)CNC(=O)c1ccccc1. The van der Waals surface area contributed by atoms with E-state index in [4.69, 9.17) is 11.5 Å². The minimum atomic E-state index is -1.18. The summed E-state index contributed by atoms with van der Waals surface area (Å²) in [5.41, 5.74) is 11.4. The van der Waals surface area contributed by atoms with Gasteiger partial charge in [0.15, 0.2) is 0 Å². The zero-order valence-corrected chi connectivity index (χ0v) is 19.4. The number of hydrogen-bond acceptors (Lipinski definition) is 6. The summed E-state index contributed by atoms with van der Waals surface area (Å²) < 4.78 is 0. The summed E-state index contributed by atoms with van der Waals surface area (Å²) in [7, 11) is 0. The molecule has 0 heterocycles. The van der Waals surface area contributed by atoms with Crippen LogP contribution in [0.2, 0.25) is 0 Å². The van der Waals surface area contributed by atoms with Gasteiger partial charge in [-0.05, 0) is 37.1 Å². The molecule has 0 aromatic heterocycles. The second kappa shape index (κ2) is 13.8. The standard InChI is InChI=1S/C24H28N6O6/c25-21(33)17(29-19(31)13-27-23(35)15-7-3-1-4-8-15)11-12-18(22(26)34)30-20(32)14-28-24(36)16-9-5-2-6-10-16/h1-10,17-18H,11-14H2,(H2,25,33)(H2,26,34)(H,27,35)(H,28,36)(H,29,31)(H,30,32). The molecule has 0 saturated heterocycles. The molecule has 2 aromatic rings. The van der Waals surface area contributed by atoms with E-state index >= 15 is 0 Å². The summed E-state index contributed by atoms with van der Waals surface area (Å²) in [6.45, 7) is -0.816. The van der Waals surface area contributed by atoms with Crippen molar-refractivity contribution in [1.82, 2.24) is 21.3 Å². The van der Waals surface area contributed by atoms with Gasteiger partial charge in [0.25, 0.3) is 11.8 Å².